The third-order valence-electron chi connectivity index (χ3n) is 29.1. The van der Waals surface area contributed by atoms with Crippen molar-refractivity contribution in [2.75, 3.05) is 19.6 Å². The lowest BCUT2D eigenvalue weighted by Gasteiger charge is -2.48. The maximum absolute atomic E-state index is 7.48. The second-order valence-corrected chi connectivity index (χ2v) is 45.1. The largest absolute Gasteiger partial charge is 0.311 e. The molecule has 620 valence electrons. The number of halogens is 4. The first-order valence-electron chi connectivity index (χ1n) is 44.2. The maximum atomic E-state index is 7.48. The second kappa shape index (κ2) is 29.9. The summed E-state index contributed by atoms with van der Waals surface area (Å²) in [6.45, 7) is 52.4. The Hall–Kier alpha value is -8.94. The van der Waals surface area contributed by atoms with Crippen LogP contribution in [0.5, 0.6) is 0 Å². The molecule has 0 saturated heterocycles. The van der Waals surface area contributed by atoms with Crippen LogP contribution in [-0.4, -0.2) is 6.71 Å². The highest BCUT2D eigenvalue weighted by Crippen LogP contribution is 2.58. The fraction of sp³-hybridized carbons (Fsp3) is 0.357. The van der Waals surface area contributed by atoms with Gasteiger partial charge in [-0.3, -0.25) is 0 Å². The van der Waals surface area contributed by atoms with Crippen LogP contribution in [-0.2, 0) is 54.1 Å². The van der Waals surface area contributed by atoms with Crippen molar-refractivity contribution in [2.45, 2.75) is 258 Å². The summed E-state index contributed by atoms with van der Waals surface area (Å²) in [5.41, 5.74) is 36.2. The van der Waals surface area contributed by atoms with Gasteiger partial charge in [-0.15, -0.1) is 0 Å². The van der Waals surface area contributed by atoms with Gasteiger partial charge >= 0.3 is 0 Å². The predicted octanol–water partition coefficient (Wildman–Crippen LogP) is 32.3. The van der Waals surface area contributed by atoms with E-state index >= 15 is 0 Å². The monoisotopic (exact) mass is 1670 g/mol. The average Bonchev–Trinajstić information content (AvgIpc) is 0.681. The van der Waals surface area contributed by atoms with Crippen molar-refractivity contribution in [3.8, 4) is 22.3 Å². The number of benzene rings is 12. The minimum atomic E-state index is -0.0377. The Labute approximate surface area is 744 Å². The summed E-state index contributed by atoms with van der Waals surface area (Å²) < 4.78 is 0. The number of hydrogen-bond donors (Lipinski definition) is 0. The van der Waals surface area contributed by atoms with E-state index in [1.54, 1.807) is 0 Å². The van der Waals surface area contributed by atoms with Crippen molar-refractivity contribution >= 4 is 138 Å². The molecule has 0 atom stereocenters. The fourth-order valence-corrected chi connectivity index (χ4v) is 21.9. The molecule has 0 unspecified atom stereocenters. The summed E-state index contributed by atoms with van der Waals surface area (Å²) in [6.07, 6.45) is 9.27. The van der Waals surface area contributed by atoms with Crippen molar-refractivity contribution in [3.63, 3.8) is 0 Å². The molecule has 0 N–H and O–H groups in total. The van der Waals surface area contributed by atoms with Crippen LogP contribution in [0.2, 0.25) is 20.1 Å². The normalized spacial score (nSPS) is 18.0. The molecule has 0 aromatic heterocycles. The molecular formula is C112H121BCl4N4. The van der Waals surface area contributed by atoms with Crippen molar-refractivity contribution < 1.29 is 0 Å². The molecule has 6 aliphatic rings. The quantitative estimate of drug-likeness (QED) is 0.127. The Bertz CT molecular complexity index is 6020. The van der Waals surface area contributed by atoms with E-state index in [0.717, 1.165) is 100 Å². The van der Waals surface area contributed by atoms with E-state index in [4.69, 9.17) is 46.4 Å². The van der Waals surface area contributed by atoms with Gasteiger partial charge < -0.3 is 19.6 Å². The van der Waals surface area contributed by atoms with E-state index in [0.29, 0.717) is 20.1 Å². The minimum Gasteiger partial charge on any atom is -0.311 e. The van der Waals surface area contributed by atoms with Crippen LogP contribution in [0.3, 0.4) is 0 Å². The summed E-state index contributed by atoms with van der Waals surface area (Å²) in [6, 6.07) is 88.1. The number of hydrogen-bond acceptors (Lipinski definition) is 4. The van der Waals surface area contributed by atoms with Crippen molar-refractivity contribution in [2.24, 2.45) is 0 Å². The summed E-state index contributed by atoms with van der Waals surface area (Å²) >= 11 is 28.8. The third-order valence-corrected chi connectivity index (χ3v) is 30.0. The molecule has 4 nitrogen and oxygen atoms in total. The first-order chi connectivity index (χ1) is 56.8. The van der Waals surface area contributed by atoms with Crippen LogP contribution in [0, 0.1) is 0 Å². The Morgan fingerprint density at radius 2 is 0.669 bits per heavy atom. The molecule has 2 heterocycles. The highest BCUT2D eigenvalue weighted by molar-refractivity contribution is 7.00. The van der Waals surface area contributed by atoms with Gasteiger partial charge in [0.2, 0.25) is 0 Å². The Morgan fingerprint density at radius 1 is 0.273 bits per heavy atom. The van der Waals surface area contributed by atoms with Crippen molar-refractivity contribution in [1.82, 2.24) is 0 Å². The van der Waals surface area contributed by atoms with E-state index in [9.17, 15) is 0 Å². The molecule has 12 aromatic carbocycles. The van der Waals surface area contributed by atoms with E-state index < -0.39 is 0 Å². The average molecular weight is 1680 g/mol. The number of nitrogens with zero attached hydrogens (tertiary/aromatic N) is 4. The molecule has 12 aromatic rings. The first kappa shape index (κ1) is 84.3. The fourth-order valence-electron chi connectivity index (χ4n) is 21.1. The molecule has 9 heteroatoms. The van der Waals surface area contributed by atoms with E-state index in [2.05, 4.69) is 390 Å². The van der Waals surface area contributed by atoms with Crippen LogP contribution >= 0.6 is 46.4 Å². The molecule has 0 amide bonds. The van der Waals surface area contributed by atoms with Gasteiger partial charge in [0.25, 0.3) is 6.71 Å². The minimum absolute atomic E-state index is 0.0319. The van der Waals surface area contributed by atoms with E-state index in [-0.39, 0.29) is 60.9 Å². The van der Waals surface area contributed by atoms with Gasteiger partial charge in [-0.25, -0.2) is 0 Å². The zero-order valence-corrected chi connectivity index (χ0v) is 78.6. The lowest BCUT2D eigenvalue weighted by Crippen LogP contribution is -2.61. The van der Waals surface area contributed by atoms with Crippen LogP contribution in [0.1, 0.15) is 259 Å². The van der Waals surface area contributed by atoms with Gasteiger partial charge in [0.05, 0.1) is 11.4 Å². The van der Waals surface area contributed by atoms with Gasteiger partial charge in [0.15, 0.2) is 0 Å². The zero-order valence-electron chi connectivity index (χ0n) is 75.6. The Morgan fingerprint density at radius 3 is 1.18 bits per heavy atom. The lowest BCUT2D eigenvalue weighted by atomic mass is 9.33. The Balaban J connectivity index is 0.000000172. The van der Waals surface area contributed by atoms with Gasteiger partial charge in [0.1, 0.15) is 0 Å². The van der Waals surface area contributed by atoms with Crippen molar-refractivity contribution in [1.29, 1.82) is 0 Å². The van der Waals surface area contributed by atoms with Crippen LogP contribution < -0.4 is 36.0 Å². The van der Waals surface area contributed by atoms with Gasteiger partial charge in [-0.1, -0.05) is 308 Å². The Kier molecular flexibility index (Phi) is 20.8. The summed E-state index contributed by atoms with van der Waals surface area (Å²) in [5.74, 6) is 0. The highest BCUT2D eigenvalue weighted by atomic mass is 35.5. The predicted molar refractivity (Wildman–Crippen MR) is 526 cm³/mol. The second-order valence-electron chi connectivity index (χ2n) is 43.4. The summed E-state index contributed by atoms with van der Waals surface area (Å²) in [4.78, 5) is 9.81. The van der Waals surface area contributed by atoms with Crippen LogP contribution in [0.15, 0.2) is 237 Å². The molecule has 121 heavy (non-hydrogen) atoms. The van der Waals surface area contributed by atoms with Gasteiger partial charge in [0, 0.05) is 88.1 Å². The molecule has 18 rings (SSSR count). The highest BCUT2D eigenvalue weighted by Gasteiger charge is 2.49. The molecule has 4 aliphatic carbocycles. The third kappa shape index (κ3) is 15.2. The number of fused-ring (bicyclic) bond motifs is 8. The smallest absolute Gasteiger partial charge is 0.252 e. The summed E-state index contributed by atoms with van der Waals surface area (Å²) in [7, 11) is 0. The number of rotatable bonds is 10. The molecule has 0 bridgehead atoms. The standard InChI is InChI=1S/C56H59BCl2N2.C56H62Cl2N2/c1-52(2,3)35-17-22-46(39(27-35)34-15-13-12-14-16-34)61-47-28-36(58)18-21-44(47)57-45-32-42-43(56(10,11)26-25-55(42,8)9)33-48(45)60(49-29-37(59)30-50(61)51(49)57)38-19-20-40-41(31-38)54(6,7)24-23-53(40,4)5;1-52(2,3)38-20-25-51(46(30-38)37-16-13-12-14-17-37)60(41-19-15-18-39(57)31-41)45-33-40(58)32-44(34-45)59(42-21-23-47-49(35-42)55(8,9)28-26-53(47,4)5)43-22-24-48-50(36-43)56(10,11)29-27-54(48,6)7/h12-22,27-33H,23-26H2,1-11H3;12-25,30-36H,26-29H2,1-11H3. The molecule has 0 spiro atoms. The molecule has 2 aliphatic heterocycles. The van der Waals surface area contributed by atoms with E-state index in [1.807, 2.05) is 18.2 Å². The summed E-state index contributed by atoms with van der Waals surface area (Å²) in [5, 5.41) is 2.76. The van der Waals surface area contributed by atoms with Gasteiger partial charge in [-0.2, -0.15) is 0 Å². The van der Waals surface area contributed by atoms with Crippen LogP contribution in [0.25, 0.3) is 22.3 Å². The van der Waals surface area contributed by atoms with Crippen LogP contribution in [0.4, 0.5) is 68.2 Å². The van der Waals surface area contributed by atoms with Crippen molar-refractivity contribution in [3.05, 3.63) is 312 Å². The number of anilines is 12. The molecule has 0 radical (unpaired) electrons. The molecule has 0 saturated carbocycles. The zero-order chi connectivity index (χ0) is 86.2. The van der Waals surface area contributed by atoms with E-state index in [1.165, 1.54) is 114 Å². The topological polar surface area (TPSA) is 13.0 Å². The first-order valence-corrected chi connectivity index (χ1v) is 45.8. The SMILES string of the molecule is CC(C)(C)c1ccc(N(c2cccc(Cl)c2)c2cc(Cl)cc(N(c3ccc4c(c3)C(C)(C)CCC4(C)C)c3ccc4c(c3)C(C)(C)CCC4(C)C)c2)c(-c2ccccc2)c1.CC(C)(C)c1ccc(N2c3cc(Cl)ccc3B3c4cc5c(cc4N(c4ccc6c(c4)C(C)(C)CCC6(C)C)c4cc(Cl)cc2c43)C(C)(C)CCC5(C)C)c(-c2ccccc2)c1. The van der Waals surface area contributed by atoms with Gasteiger partial charge in [-0.05, 0) is 316 Å². The molecule has 0 fully saturated rings. The molecular weight excluding hydrogens is 1550 g/mol. The lowest BCUT2D eigenvalue weighted by molar-refractivity contribution is 0.332. The maximum Gasteiger partial charge on any atom is 0.252 e.